The van der Waals surface area contributed by atoms with Crippen LogP contribution < -0.4 is 5.32 Å². The van der Waals surface area contributed by atoms with Gasteiger partial charge in [-0.15, -0.1) is 11.3 Å². The van der Waals surface area contributed by atoms with Crippen molar-refractivity contribution in [2.24, 2.45) is 5.92 Å². The molecule has 1 aromatic heterocycles. The average Bonchev–Trinajstić information content (AvgIpc) is 3.06. The van der Waals surface area contributed by atoms with Gasteiger partial charge in [-0.3, -0.25) is 9.69 Å². The van der Waals surface area contributed by atoms with Crippen LogP contribution >= 0.6 is 11.3 Å². The van der Waals surface area contributed by atoms with E-state index in [-0.39, 0.29) is 17.9 Å². The number of carbonyl (C=O) groups excluding carboxylic acids is 1. The topological polar surface area (TPSA) is 41.6 Å². The molecule has 4 nitrogen and oxygen atoms in total. The summed E-state index contributed by atoms with van der Waals surface area (Å²) in [6, 6.07) is 4.86. The highest BCUT2D eigenvalue weighted by molar-refractivity contribution is 7.11. The first-order chi connectivity index (χ1) is 9.67. The molecule has 2 aliphatic heterocycles. The van der Waals surface area contributed by atoms with Crippen molar-refractivity contribution >= 4 is 17.2 Å². The van der Waals surface area contributed by atoms with Crippen LogP contribution in [0.2, 0.25) is 0 Å². The van der Waals surface area contributed by atoms with Crippen molar-refractivity contribution in [3.8, 4) is 0 Å². The summed E-state index contributed by atoms with van der Waals surface area (Å²) in [4.78, 5) is 17.1. The third-order valence-corrected chi connectivity index (χ3v) is 5.37. The number of ether oxygens (including phenoxy) is 1. The van der Waals surface area contributed by atoms with E-state index in [1.807, 2.05) is 11.3 Å². The largest absolute Gasteiger partial charge is 0.377 e. The summed E-state index contributed by atoms with van der Waals surface area (Å²) in [6.07, 6.45) is 2.19. The standard InChI is InChI=1S/C15H22N2O2S/c1-10-3-4-12(20-10)9-17-8-11(15(18)16-2)7-14-13(17)5-6-19-14/h3-4,11,13-14H,5-9H2,1-2H3,(H,16,18)/t11-,13+,14+/m0/s1. The predicted molar refractivity (Wildman–Crippen MR) is 79.8 cm³/mol. The lowest BCUT2D eigenvalue weighted by molar-refractivity contribution is -0.129. The van der Waals surface area contributed by atoms with Gasteiger partial charge in [-0.2, -0.15) is 0 Å². The van der Waals surface area contributed by atoms with Crippen molar-refractivity contribution in [1.29, 1.82) is 0 Å². The van der Waals surface area contributed by atoms with Crippen LogP contribution in [-0.2, 0) is 16.1 Å². The zero-order valence-corrected chi connectivity index (χ0v) is 12.9. The van der Waals surface area contributed by atoms with E-state index in [0.29, 0.717) is 6.04 Å². The maximum absolute atomic E-state index is 12.0. The highest BCUT2D eigenvalue weighted by Crippen LogP contribution is 2.33. The highest BCUT2D eigenvalue weighted by Gasteiger charge is 2.41. The van der Waals surface area contributed by atoms with Gasteiger partial charge < -0.3 is 10.1 Å². The molecule has 0 bridgehead atoms. The number of nitrogens with zero attached hydrogens (tertiary/aromatic N) is 1. The Morgan fingerprint density at radius 3 is 3.10 bits per heavy atom. The molecule has 3 rings (SSSR count). The molecule has 2 saturated heterocycles. The Morgan fingerprint density at radius 1 is 1.55 bits per heavy atom. The number of carbonyl (C=O) groups is 1. The van der Waals surface area contributed by atoms with E-state index in [2.05, 4.69) is 29.3 Å². The Balaban J connectivity index is 1.74. The molecule has 0 aromatic carbocycles. The quantitative estimate of drug-likeness (QED) is 0.924. The summed E-state index contributed by atoms with van der Waals surface area (Å²) in [5.74, 6) is 0.201. The Labute approximate surface area is 124 Å². The number of nitrogens with one attached hydrogen (secondary N) is 1. The zero-order valence-electron chi connectivity index (χ0n) is 12.1. The Morgan fingerprint density at radius 2 is 2.40 bits per heavy atom. The van der Waals surface area contributed by atoms with Crippen molar-refractivity contribution in [2.75, 3.05) is 20.2 Å². The van der Waals surface area contributed by atoms with Gasteiger partial charge in [0.05, 0.1) is 12.0 Å². The highest BCUT2D eigenvalue weighted by atomic mass is 32.1. The van der Waals surface area contributed by atoms with Crippen LogP contribution in [0.25, 0.3) is 0 Å². The predicted octanol–water partition coefficient (Wildman–Crippen LogP) is 1.78. The minimum absolute atomic E-state index is 0.0559. The van der Waals surface area contributed by atoms with Crippen molar-refractivity contribution in [1.82, 2.24) is 10.2 Å². The molecule has 0 aliphatic carbocycles. The number of hydrogen-bond donors (Lipinski definition) is 1. The first kappa shape index (κ1) is 14.0. The summed E-state index contributed by atoms with van der Waals surface area (Å²) in [6.45, 7) is 4.76. The maximum atomic E-state index is 12.0. The van der Waals surface area contributed by atoms with Gasteiger partial charge in [-0.25, -0.2) is 0 Å². The molecule has 3 atom stereocenters. The normalized spacial score (nSPS) is 30.2. The summed E-state index contributed by atoms with van der Waals surface area (Å²) >= 11 is 1.85. The van der Waals surface area contributed by atoms with Crippen LogP contribution in [0.4, 0.5) is 0 Å². The SMILES string of the molecule is CNC(=O)[C@H]1C[C@H]2OCC[C@H]2N(Cc2ccc(C)s2)C1. The molecule has 1 aromatic rings. The summed E-state index contributed by atoms with van der Waals surface area (Å²) in [7, 11) is 1.72. The van der Waals surface area contributed by atoms with Gasteiger partial charge in [0.1, 0.15) is 0 Å². The second kappa shape index (κ2) is 5.84. The number of thiophene rings is 1. The van der Waals surface area contributed by atoms with E-state index in [1.54, 1.807) is 7.05 Å². The summed E-state index contributed by atoms with van der Waals surface area (Å²) in [5.41, 5.74) is 0. The summed E-state index contributed by atoms with van der Waals surface area (Å²) in [5, 5.41) is 2.78. The van der Waals surface area contributed by atoms with Gasteiger partial charge in [0.25, 0.3) is 0 Å². The molecular weight excluding hydrogens is 272 g/mol. The molecule has 0 spiro atoms. The van der Waals surface area contributed by atoms with E-state index in [1.165, 1.54) is 9.75 Å². The second-order valence-corrected chi connectivity index (χ2v) is 7.13. The zero-order chi connectivity index (χ0) is 14.1. The Hall–Kier alpha value is -0.910. The number of amides is 1. The maximum Gasteiger partial charge on any atom is 0.224 e. The fourth-order valence-electron chi connectivity index (χ4n) is 3.40. The molecule has 0 unspecified atom stereocenters. The first-order valence-electron chi connectivity index (χ1n) is 7.30. The lowest BCUT2D eigenvalue weighted by atomic mass is 9.89. The van der Waals surface area contributed by atoms with Gasteiger partial charge in [-0.05, 0) is 31.9 Å². The molecule has 2 fully saturated rings. The van der Waals surface area contributed by atoms with Gasteiger partial charge >= 0.3 is 0 Å². The molecular formula is C15H22N2O2S. The van der Waals surface area contributed by atoms with Crippen molar-refractivity contribution in [3.63, 3.8) is 0 Å². The number of piperidine rings is 1. The van der Waals surface area contributed by atoms with Crippen LogP contribution in [0.15, 0.2) is 12.1 Å². The number of aryl methyl sites for hydroxylation is 1. The van der Waals surface area contributed by atoms with Crippen molar-refractivity contribution < 1.29 is 9.53 Å². The smallest absolute Gasteiger partial charge is 0.224 e. The van der Waals surface area contributed by atoms with E-state index in [4.69, 9.17) is 4.74 Å². The van der Waals surface area contributed by atoms with Gasteiger partial charge in [0.2, 0.25) is 5.91 Å². The lowest BCUT2D eigenvalue weighted by Crippen LogP contribution is -2.52. The fourth-order valence-corrected chi connectivity index (χ4v) is 4.32. The molecule has 0 radical (unpaired) electrons. The number of fused-ring (bicyclic) bond motifs is 1. The molecule has 1 N–H and O–H groups in total. The van der Waals surface area contributed by atoms with Gasteiger partial charge in [-0.1, -0.05) is 0 Å². The first-order valence-corrected chi connectivity index (χ1v) is 8.11. The van der Waals surface area contributed by atoms with E-state index >= 15 is 0 Å². The molecule has 110 valence electrons. The minimum Gasteiger partial charge on any atom is -0.377 e. The Bertz CT molecular complexity index is 488. The number of hydrogen-bond acceptors (Lipinski definition) is 4. The Kier molecular flexibility index (Phi) is 4.10. The van der Waals surface area contributed by atoms with Gasteiger partial charge in [0, 0.05) is 42.5 Å². The monoisotopic (exact) mass is 294 g/mol. The van der Waals surface area contributed by atoms with Gasteiger partial charge in [0.15, 0.2) is 0 Å². The molecule has 2 aliphatic rings. The van der Waals surface area contributed by atoms with E-state index in [9.17, 15) is 4.79 Å². The third-order valence-electron chi connectivity index (χ3n) is 4.39. The van der Waals surface area contributed by atoms with Crippen LogP contribution in [-0.4, -0.2) is 43.2 Å². The summed E-state index contributed by atoms with van der Waals surface area (Å²) < 4.78 is 5.84. The lowest BCUT2D eigenvalue weighted by Gasteiger charge is -2.39. The molecule has 0 saturated carbocycles. The van der Waals surface area contributed by atoms with E-state index in [0.717, 1.165) is 32.5 Å². The van der Waals surface area contributed by atoms with Crippen LogP contribution in [0, 0.1) is 12.8 Å². The fraction of sp³-hybridized carbons (Fsp3) is 0.667. The number of likely N-dealkylation sites (tertiary alicyclic amines) is 1. The van der Waals surface area contributed by atoms with Crippen LogP contribution in [0.3, 0.4) is 0 Å². The van der Waals surface area contributed by atoms with Crippen LogP contribution in [0.5, 0.6) is 0 Å². The average molecular weight is 294 g/mol. The van der Waals surface area contributed by atoms with E-state index < -0.39 is 0 Å². The number of rotatable bonds is 3. The molecule has 20 heavy (non-hydrogen) atoms. The van der Waals surface area contributed by atoms with Crippen LogP contribution in [0.1, 0.15) is 22.6 Å². The van der Waals surface area contributed by atoms with Crippen molar-refractivity contribution in [3.05, 3.63) is 21.9 Å². The second-order valence-electron chi connectivity index (χ2n) is 5.75. The third kappa shape index (κ3) is 2.75. The molecule has 3 heterocycles. The molecule has 5 heteroatoms. The molecule has 1 amide bonds. The minimum atomic E-state index is 0.0559. The van der Waals surface area contributed by atoms with Crippen molar-refractivity contribution in [2.45, 2.75) is 38.5 Å².